The summed E-state index contributed by atoms with van der Waals surface area (Å²) in [5.41, 5.74) is 8.65. The average Bonchev–Trinajstić information content (AvgIpc) is 3.44. The first-order chi connectivity index (χ1) is 21.6. The van der Waals surface area contributed by atoms with Crippen molar-refractivity contribution in [1.82, 2.24) is 20.2 Å². The number of aromatic nitrogens is 2. The van der Waals surface area contributed by atoms with E-state index in [1.807, 2.05) is 0 Å². The van der Waals surface area contributed by atoms with Gasteiger partial charge < -0.3 is 42.0 Å². The predicted octanol–water partition coefficient (Wildman–Crippen LogP) is 0.217. The van der Waals surface area contributed by atoms with E-state index in [0.717, 1.165) is 28.0 Å². The molecule has 1 fully saturated rings. The number of β-lactam (4-membered cyclic amide) rings is 1. The summed E-state index contributed by atoms with van der Waals surface area (Å²) in [6.45, 7) is 2.40. The topological polar surface area (TPSA) is 281 Å². The highest BCUT2D eigenvalue weighted by atomic mass is 32.2. The number of nitrogen functional groups attached to an aromatic ring is 1. The molecule has 1 aromatic carbocycles. The fourth-order valence-corrected chi connectivity index (χ4v) is 6.59. The normalized spacial score (nSPS) is 18.9. The number of carbonyl (C=O) groups excluding carboxylic acids is 3. The highest BCUT2D eigenvalue weighted by Gasteiger charge is 2.55. The molecule has 9 N–H and O–H groups in total. The SMILES string of the molecule is CC(C)(O/N=C(\C(=O)NC1C(=O)N2C(C(=O)O)=C(C(N)C(=O)c3c(O)c(O)nc4ccccc34)CS[C@H]12)c1csc(N)n1)C(=O)O. The molecule has 1 saturated heterocycles. The smallest absolute Gasteiger partial charge is 0.352 e. The number of nitrogens with one attached hydrogen (secondary N) is 1. The van der Waals surface area contributed by atoms with Crippen molar-refractivity contribution in [3.05, 3.63) is 52.2 Å². The van der Waals surface area contributed by atoms with Crippen molar-refractivity contribution in [1.29, 1.82) is 0 Å². The number of ketones is 1. The summed E-state index contributed by atoms with van der Waals surface area (Å²) in [7, 11) is 0. The van der Waals surface area contributed by atoms with Crippen LogP contribution in [0.1, 0.15) is 29.9 Å². The minimum atomic E-state index is -1.83. The van der Waals surface area contributed by atoms with Gasteiger partial charge in [-0.1, -0.05) is 23.4 Å². The van der Waals surface area contributed by atoms with E-state index in [0.29, 0.717) is 0 Å². The fraction of sp³-hybridized carbons (Fsp3) is 0.259. The van der Waals surface area contributed by atoms with Gasteiger partial charge in [0.15, 0.2) is 22.4 Å². The second kappa shape index (κ2) is 11.9. The van der Waals surface area contributed by atoms with Gasteiger partial charge in [0, 0.05) is 16.5 Å². The minimum absolute atomic E-state index is 0.0584. The first kappa shape index (κ1) is 32.1. The zero-order valence-electron chi connectivity index (χ0n) is 23.8. The van der Waals surface area contributed by atoms with Gasteiger partial charge in [0.1, 0.15) is 22.8 Å². The molecule has 3 aromatic rings. The Kier molecular flexibility index (Phi) is 8.32. The lowest BCUT2D eigenvalue weighted by molar-refractivity contribution is -0.161. The van der Waals surface area contributed by atoms with Crippen molar-refractivity contribution < 1.29 is 49.2 Å². The van der Waals surface area contributed by atoms with Gasteiger partial charge >= 0.3 is 11.9 Å². The monoisotopic (exact) mass is 671 g/mol. The zero-order chi connectivity index (χ0) is 33.7. The molecule has 17 nitrogen and oxygen atoms in total. The van der Waals surface area contributed by atoms with Crippen molar-refractivity contribution >= 4 is 74.4 Å². The number of carboxylic acid groups (broad SMARTS) is 2. The molecule has 0 bridgehead atoms. The van der Waals surface area contributed by atoms with Crippen LogP contribution in [-0.4, -0.2) is 99.4 Å². The number of aliphatic carboxylic acids is 2. The molecule has 2 aliphatic rings. The maximum atomic E-state index is 13.6. The molecule has 46 heavy (non-hydrogen) atoms. The molecule has 2 aromatic heterocycles. The van der Waals surface area contributed by atoms with E-state index in [-0.39, 0.29) is 38.6 Å². The molecule has 0 radical (unpaired) electrons. The van der Waals surface area contributed by atoms with Gasteiger partial charge in [0.05, 0.1) is 17.1 Å². The minimum Gasteiger partial charge on any atom is -0.503 e. The summed E-state index contributed by atoms with van der Waals surface area (Å²) in [5, 5.41) is 46.9. The number of carboxylic acids is 2. The highest BCUT2D eigenvalue weighted by molar-refractivity contribution is 8.00. The number of amides is 2. The van der Waals surface area contributed by atoms with Crippen molar-refractivity contribution in [3.63, 3.8) is 0 Å². The molecule has 2 unspecified atom stereocenters. The van der Waals surface area contributed by atoms with E-state index >= 15 is 0 Å². The quantitative estimate of drug-likeness (QED) is 0.0657. The number of carbonyl (C=O) groups is 5. The molecule has 2 aliphatic heterocycles. The molecule has 3 atom stereocenters. The lowest BCUT2D eigenvalue weighted by Crippen LogP contribution is -2.71. The predicted molar refractivity (Wildman–Crippen MR) is 163 cm³/mol. The molecule has 0 saturated carbocycles. The van der Waals surface area contributed by atoms with Gasteiger partial charge in [0.25, 0.3) is 17.7 Å². The van der Waals surface area contributed by atoms with Crippen LogP contribution in [0.2, 0.25) is 0 Å². The third-order valence-electron chi connectivity index (χ3n) is 7.10. The Balaban J connectivity index is 1.42. The number of rotatable bonds is 10. The molecule has 4 heterocycles. The van der Waals surface area contributed by atoms with E-state index < -0.39 is 75.6 Å². The number of nitrogens with two attached hydrogens (primary N) is 2. The van der Waals surface area contributed by atoms with Crippen molar-refractivity contribution in [3.8, 4) is 11.6 Å². The number of hydrogen-bond donors (Lipinski definition) is 7. The van der Waals surface area contributed by atoms with Crippen molar-refractivity contribution in [2.75, 3.05) is 11.5 Å². The number of hydrogen-bond acceptors (Lipinski definition) is 15. The first-order valence-corrected chi connectivity index (χ1v) is 15.1. The fourth-order valence-electron chi connectivity index (χ4n) is 4.64. The van der Waals surface area contributed by atoms with E-state index in [1.165, 1.54) is 31.4 Å². The summed E-state index contributed by atoms with van der Waals surface area (Å²) in [4.78, 5) is 77.9. The van der Waals surface area contributed by atoms with Crippen LogP contribution in [0, 0.1) is 0 Å². The Morgan fingerprint density at radius 1 is 1.17 bits per heavy atom. The molecule has 5 rings (SSSR count). The van der Waals surface area contributed by atoms with Crippen LogP contribution in [0.4, 0.5) is 5.13 Å². The van der Waals surface area contributed by atoms with Crippen LogP contribution in [0.25, 0.3) is 10.9 Å². The largest absolute Gasteiger partial charge is 0.503 e. The van der Waals surface area contributed by atoms with E-state index in [4.69, 9.17) is 16.3 Å². The zero-order valence-corrected chi connectivity index (χ0v) is 25.5. The third kappa shape index (κ3) is 5.54. The van der Waals surface area contributed by atoms with E-state index in [2.05, 4.69) is 20.4 Å². The molecular weight excluding hydrogens is 646 g/mol. The number of nitrogens with zero attached hydrogens (tertiary/aromatic N) is 4. The first-order valence-electron chi connectivity index (χ1n) is 13.2. The number of anilines is 1. The number of oxime groups is 1. The Hall–Kier alpha value is -5.27. The Morgan fingerprint density at radius 3 is 2.50 bits per heavy atom. The van der Waals surface area contributed by atoms with Crippen LogP contribution < -0.4 is 16.8 Å². The maximum Gasteiger partial charge on any atom is 0.352 e. The lowest BCUT2D eigenvalue weighted by Gasteiger charge is -2.49. The molecule has 2 amide bonds. The Bertz CT molecular complexity index is 1890. The number of thiazole rings is 1. The molecular formula is C27H25N7O10S2. The van der Waals surface area contributed by atoms with Crippen LogP contribution in [0.3, 0.4) is 0 Å². The second-order valence-corrected chi connectivity index (χ2v) is 12.5. The maximum absolute atomic E-state index is 13.6. The van der Waals surface area contributed by atoms with Gasteiger partial charge in [-0.2, -0.15) is 0 Å². The number of para-hydroxylation sites is 1. The number of benzene rings is 1. The second-order valence-electron chi connectivity index (χ2n) is 10.5. The number of thioether (sulfide) groups is 1. The average molecular weight is 672 g/mol. The molecule has 19 heteroatoms. The van der Waals surface area contributed by atoms with Gasteiger partial charge in [0.2, 0.25) is 5.60 Å². The van der Waals surface area contributed by atoms with Gasteiger partial charge in [-0.15, -0.1) is 23.1 Å². The molecule has 240 valence electrons. The van der Waals surface area contributed by atoms with Crippen molar-refractivity contribution in [2.45, 2.75) is 36.9 Å². The van der Waals surface area contributed by atoms with Gasteiger partial charge in [-0.3, -0.25) is 19.3 Å². The summed E-state index contributed by atoms with van der Waals surface area (Å²) in [6, 6.07) is 3.21. The van der Waals surface area contributed by atoms with Gasteiger partial charge in [-0.25, -0.2) is 19.6 Å². The molecule has 0 spiro atoms. The highest BCUT2D eigenvalue weighted by Crippen LogP contribution is 2.42. The van der Waals surface area contributed by atoms with Crippen LogP contribution in [-0.2, 0) is 24.0 Å². The van der Waals surface area contributed by atoms with Crippen LogP contribution in [0.15, 0.2) is 46.1 Å². The van der Waals surface area contributed by atoms with E-state index in [9.17, 15) is 44.4 Å². The van der Waals surface area contributed by atoms with Crippen molar-refractivity contribution in [2.24, 2.45) is 10.9 Å². The number of fused-ring (bicyclic) bond motifs is 2. The standard InChI is InChI=1S/C27H25N7O10S2/c1-27(2,25(42)43)44-33-15(12-8-46-26(29)31-12)20(37)32-16-22(39)34-17(24(40)41)10(7-45-23(16)34)14(28)18(35)13-9-5-3-4-6-11(9)30-21(38)19(13)36/h3-6,8,14,16,23,36H,7,28H2,1-2H3,(H2,29,31)(H,30,38)(H,32,37)(H,40,41)(H,42,43)/b33-15-/t14?,16?,23-/m1/s1. The summed E-state index contributed by atoms with van der Waals surface area (Å²) in [5.74, 6) is -7.52. The third-order valence-corrected chi connectivity index (χ3v) is 9.08. The summed E-state index contributed by atoms with van der Waals surface area (Å²) in [6.07, 6.45) is 0. The Labute approximate surface area is 266 Å². The Morgan fingerprint density at radius 2 is 1.87 bits per heavy atom. The number of pyridine rings is 1. The van der Waals surface area contributed by atoms with E-state index in [1.54, 1.807) is 12.1 Å². The number of aromatic hydroxyl groups is 2. The lowest BCUT2D eigenvalue weighted by atomic mass is 9.92. The van der Waals surface area contributed by atoms with Gasteiger partial charge in [-0.05, 0) is 25.5 Å². The van der Waals surface area contributed by atoms with Crippen LogP contribution >= 0.6 is 23.1 Å². The summed E-state index contributed by atoms with van der Waals surface area (Å²) < 4.78 is 0. The van der Waals surface area contributed by atoms with Crippen LogP contribution in [0.5, 0.6) is 11.6 Å². The summed E-state index contributed by atoms with van der Waals surface area (Å²) >= 11 is 1.98. The molecule has 0 aliphatic carbocycles. The number of Topliss-reactive ketones (excluding diaryl/α,β-unsaturated/α-hetero) is 1.